The average molecular weight is 380 g/mol. The van der Waals surface area contributed by atoms with Crippen molar-refractivity contribution in [1.29, 1.82) is 0 Å². The van der Waals surface area contributed by atoms with Crippen molar-refractivity contribution in [1.82, 2.24) is 0 Å². The van der Waals surface area contributed by atoms with Crippen LogP contribution in [0.2, 0.25) is 0 Å². The molecule has 1 saturated carbocycles. The molecule has 0 heterocycles. The molecule has 28 heavy (non-hydrogen) atoms. The zero-order chi connectivity index (χ0) is 20.3. The summed E-state index contributed by atoms with van der Waals surface area (Å²) in [6.07, 6.45) is 1.96. The third-order valence-electron chi connectivity index (χ3n) is 5.98. The number of carboxylic acid groups (broad SMARTS) is 1. The Hall–Kier alpha value is -2.75. The van der Waals surface area contributed by atoms with E-state index < -0.39 is 5.97 Å². The van der Waals surface area contributed by atoms with E-state index in [0.29, 0.717) is 0 Å². The normalized spacial score (nSPS) is 18.0. The van der Waals surface area contributed by atoms with Crippen molar-refractivity contribution in [3.63, 3.8) is 0 Å². The van der Waals surface area contributed by atoms with E-state index in [0.717, 1.165) is 41.0 Å². The fourth-order valence-electron chi connectivity index (χ4n) is 4.34. The van der Waals surface area contributed by atoms with Gasteiger partial charge in [0.05, 0.1) is 14.2 Å². The zero-order valence-corrected chi connectivity index (χ0v) is 17.0. The van der Waals surface area contributed by atoms with Gasteiger partial charge in [-0.05, 0) is 65.1 Å². The molecular formula is C24H28O4. The Morgan fingerprint density at radius 1 is 1.04 bits per heavy atom. The van der Waals surface area contributed by atoms with E-state index in [2.05, 4.69) is 26.0 Å². The lowest BCUT2D eigenvalue weighted by atomic mass is 9.74. The van der Waals surface area contributed by atoms with Gasteiger partial charge in [0.1, 0.15) is 11.5 Å². The lowest BCUT2D eigenvalue weighted by Crippen LogP contribution is -2.23. The molecule has 0 saturated heterocycles. The molecule has 0 aromatic heterocycles. The van der Waals surface area contributed by atoms with Crippen LogP contribution < -0.4 is 9.47 Å². The van der Waals surface area contributed by atoms with Crippen molar-refractivity contribution in [3.05, 3.63) is 65.2 Å². The molecule has 0 bridgehead atoms. The second kappa shape index (κ2) is 8.09. The van der Waals surface area contributed by atoms with Crippen LogP contribution in [0.15, 0.2) is 54.1 Å². The molecule has 4 nitrogen and oxygen atoms in total. The van der Waals surface area contributed by atoms with Crippen LogP contribution in [0.1, 0.15) is 44.2 Å². The fourth-order valence-corrected chi connectivity index (χ4v) is 4.34. The smallest absolute Gasteiger partial charge is 0.303 e. The quantitative estimate of drug-likeness (QED) is 0.727. The number of hydrogen-bond donors (Lipinski definition) is 1. The number of aliphatic carboxylic acids is 1. The van der Waals surface area contributed by atoms with E-state index in [4.69, 9.17) is 9.47 Å². The lowest BCUT2D eigenvalue weighted by Gasteiger charge is -2.30. The largest absolute Gasteiger partial charge is 0.497 e. The van der Waals surface area contributed by atoms with Gasteiger partial charge in [-0.1, -0.05) is 43.7 Å². The minimum atomic E-state index is -0.733. The Morgan fingerprint density at radius 3 is 2.04 bits per heavy atom. The maximum absolute atomic E-state index is 11.4. The maximum atomic E-state index is 11.4. The van der Waals surface area contributed by atoms with Crippen molar-refractivity contribution in [3.8, 4) is 11.5 Å². The van der Waals surface area contributed by atoms with Gasteiger partial charge in [-0.25, -0.2) is 0 Å². The summed E-state index contributed by atoms with van der Waals surface area (Å²) in [5, 5.41) is 9.35. The minimum Gasteiger partial charge on any atom is -0.497 e. The number of allylic oxidation sites excluding steroid dienone is 1. The van der Waals surface area contributed by atoms with Crippen LogP contribution in [0, 0.1) is 11.3 Å². The maximum Gasteiger partial charge on any atom is 0.303 e. The summed E-state index contributed by atoms with van der Waals surface area (Å²) in [5.74, 6) is 0.989. The molecule has 148 valence electrons. The van der Waals surface area contributed by atoms with Crippen LogP contribution in [0.25, 0.3) is 5.57 Å². The van der Waals surface area contributed by atoms with Crippen molar-refractivity contribution in [2.24, 2.45) is 11.3 Å². The first-order valence-electron chi connectivity index (χ1n) is 9.61. The minimum absolute atomic E-state index is 0.117. The lowest BCUT2D eigenvalue weighted by molar-refractivity contribution is -0.138. The number of benzene rings is 2. The third kappa shape index (κ3) is 3.91. The number of ether oxygens (including phenoxy) is 2. The first-order chi connectivity index (χ1) is 13.4. The first-order valence-corrected chi connectivity index (χ1v) is 9.61. The summed E-state index contributed by atoms with van der Waals surface area (Å²) < 4.78 is 10.9. The second-order valence-corrected chi connectivity index (χ2v) is 7.87. The standard InChI is InChI=1S/C24H28O4/c1-24(2)18(15-22(25)26)11-12-21(24)23(16-7-5-9-19(13-16)27-3)17-8-6-10-20(14-17)28-4/h5-10,13-14,18H,11-12,15H2,1-4H3,(H,25,26)/t18-/m1/s1. The first kappa shape index (κ1) is 20.0. The molecule has 1 atom stereocenters. The van der Waals surface area contributed by atoms with E-state index >= 15 is 0 Å². The van der Waals surface area contributed by atoms with Crippen LogP contribution in [0.5, 0.6) is 11.5 Å². The highest BCUT2D eigenvalue weighted by atomic mass is 16.5. The SMILES string of the molecule is COc1cccc(C(=C2CC[C@H](CC(=O)O)C2(C)C)c2cccc(OC)c2)c1. The van der Waals surface area contributed by atoms with Gasteiger partial charge in [0.15, 0.2) is 0 Å². The average Bonchev–Trinajstić information content (AvgIpc) is 2.96. The predicted molar refractivity (Wildman–Crippen MR) is 111 cm³/mol. The van der Waals surface area contributed by atoms with Crippen molar-refractivity contribution < 1.29 is 19.4 Å². The van der Waals surface area contributed by atoms with Crippen molar-refractivity contribution in [2.45, 2.75) is 33.1 Å². The summed E-state index contributed by atoms with van der Waals surface area (Å²) >= 11 is 0. The number of rotatable bonds is 6. The molecule has 0 unspecified atom stereocenters. The highest BCUT2D eigenvalue weighted by Crippen LogP contribution is 2.52. The van der Waals surface area contributed by atoms with Gasteiger partial charge in [0, 0.05) is 6.42 Å². The Morgan fingerprint density at radius 2 is 1.57 bits per heavy atom. The summed E-state index contributed by atoms with van der Waals surface area (Å²) in [6, 6.07) is 16.1. The van der Waals surface area contributed by atoms with E-state index in [1.165, 1.54) is 5.57 Å². The molecule has 1 aliphatic carbocycles. The van der Waals surface area contributed by atoms with Crippen LogP contribution in [-0.4, -0.2) is 25.3 Å². The van der Waals surface area contributed by atoms with Gasteiger partial charge >= 0.3 is 5.97 Å². The number of methoxy groups -OCH3 is 2. The summed E-state index contributed by atoms with van der Waals surface area (Å²) in [5.41, 5.74) is 4.38. The van der Waals surface area contributed by atoms with E-state index in [1.54, 1.807) is 14.2 Å². The van der Waals surface area contributed by atoms with Gasteiger partial charge < -0.3 is 14.6 Å². The summed E-state index contributed by atoms with van der Waals surface area (Å²) in [7, 11) is 3.33. The molecular weight excluding hydrogens is 352 g/mol. The molecule has 3 rings (SSSR count). The van der Waals surface area contributed by atoms with Gasteiger partial charge in [-0.3, -0.25) is 4.79 Å². The van der Waals surface area contributed by atoms with Gasteiger partial charge in [-0.15, -0.1) is 0 Å². The van der Waals surface area contributed by atoms with Crippen LogP contribution in [-0.2, 0) is 4.79 Å². The Balaban J connectivity index is 2.21. The molecule has 0 radical (unpaired) electrons. The molecule has 4 heteroatoms. The third-order valence-corrected chi connectivity index (χ3v) is 5.98. The topological polar surface area (TPSA) is 55.8 Å². The van der Waals surface area contributed by atoms with Gasteiger partial charge in [-0.2, -0.15) is 0 Å². The van der Waals surface area contributed by atoms with Crippen LogP contribution in [0.3, 0.4) is 0 Å². The molecule has 0 spiro atoms. The Labute approximate surface area is 166 Å². The van der Waals surface area contributed by atoms with Gasteiger partial charge in [0.25, 0.3) is 0 Å². The van der Waals surface area contributed by atoms with E-state index in [1.807, 2.05) is 36.4 Å². The van der Waals surface area contributed by atoms with Crippen LogP contribution in [0.4, 0.5) is 0 Å². The van der Waals surface area contributed by atoms with E-state index in [-0.39, 0.29) is 17.8 Å². The Bertz CT molecular complexity index is 845. The highest BCUT2D eigenvalue weighted by Gasteiger charge is 2.41. The van der Waals surface area contributed by atoms with E-state index in [9.17, 15) is 9.90 Å². The summed E-state index contributed by atoms with van der Waals surface area (Å²) in [4.78, 5) is 11.4. The molecule has 1 N–H and O–H groups in total. The predicted octanol–water partition coefficient (Wildman–Crippen LogP) is 5.42. The summed E-state index contributed by atoms with van der Waals surface area (Å²) in [6.45, 7) is 4.34. The Kier molecular flexibility index (Phi) is 5.78. The van der Waals surface area contributed by atoms with Crippen molar-refractivity contribution >= 4 is 11.5 Å². The second-order valence-electron chi connectivity index (χ2n) is 7.87. The number of carbonyl (C=O) groups is 1. The molecule has 2 aromatic rings. The monoisotopic (exact) mass is 380 g/mol. The highest BCUT2D eigenvalue weighted by molar-refractivity contribution is 5.84. The number of hydrogen-bond acceptors (Lipinski definition) is 3. The fraction of sp³-hybridized carbons (Fsp3) is 0.375. The molecule has 2 aromatic carbocycles. The van der Waals surface area contributed by atoms with Crippen LogP contribution >= 0.6 is 0 Å². The van der Waals surface area contributed by atoms with Crippen molar-refractivity contribution in [2.75, 3.05) is 14.2 Å². The molecule has 1 aliphatic rings. The zero-order valence-electron chi connectivity index (χ0n) is 17.0. The number of carboxylic acids is 1. The molecule has 1 fully saturated rings. The van der Waals surface area contributed by atoms with Gasteiger partial charge in [0.2, 0.25) is 0 Å². The molecule has 0 amide bonds. The molecule has 0 aliphatic heterocycles.